The first-order valence-electron chi connectivity index (χ1n) is 11.2. The van der Waals surface area contributed by atoms with E-state index in [0.717, 1.165) is 11.1 Å². The van der Waals surface area contributed by atoms with Crippen LogP contribution < -0.4 is 10.1 Å². The topological polar surface area (TPSA) is 93.6 Å². The fourth-order valence-corrected chi connectivity index (χ4v) is 3.73. The number of pyridine rings is 2. The van der Waals surface area contributed by atoms with Gasteiger partial charge in [-0.3, -0.25) is 9.78 Å². The van der Waals surface area contributed by atoms with Gasteiger partial charge in [-0.1, -0.05) is 6.07 Å². The molecule has 4 rings (SSSR count). The van der Waals surface area contributed by atoms with E-state index in [1.807, 2.05) is 13.0 Å². The van der Waals surface area contributed by atoms with Gasteiger partial charge in [0.2, 0.25) is 5.88 Å². The van der Waals surface area contributed by atoms with Crippen LogP contribution in [0.25, 0.3) is 11.1 Å². The van der Waals surface area contributed by atoms with E-state index in [2.05, 4.69) is 15.3 Å². The number of hydrogen-bond donors (Lipinski definition) is 2. The van der Waals surface area contributed by atoms with Gasteiger partial charge in [-0.15, -0.1) is 0 Å². The number of amides is 1. The number of ether oxygens (including phenoxy) is 2. The number of anilines is 1. The van der Waals surface area contributed by atoms with E-state index >= 15 is 4.39 Å². The smallest absolute Gasteiger partial charge is 0.255 e. The van der Waals surface area contributed by atoms with Gasteiger partial charge in [0.05, 0.1) is 31.1 Å². The SMILES string of the molecule is Cc1ccc(NC(=O)c2ccnc(C(C)(C)F)c2)cc1-c1cnc(OCCO)c(C2(F)COC2)c1. The van der Waals surface area contributed by atoms with Gasteiger partial charge in [0.1, 0.15) is 12.3 Å². The molecular weight excluding hydrogens is 456 g/mol. The van der Waals surface area contributed by atoms with Crippen LogP contribution in [0.4, 0.5) is 14.5 Å². The number of nitrogens with zero attached hydrogens (tertiary/aromatic N) is 2. The Hall–Kier alpha value is -3.43. The van der Waals surface area contributed by atoms with Crippen LogP contribution in [0.2, 0.25) is 0 Å². The van der Waals surface area contributed by atoms with Crippen molar-refractivity contribution in [2.24, 2.45) is 0 Å². The quantitative estimate of drug-likeness (QED) is 0.491. The highest BCUT2D eigenvalue weighted by Gasteiger charge is 2.44. The van der Waals surface area contributed by atoms with Gasteiger partial charge in [-0.2, -0.15) is 0 Å². The Bertz CT molecular complexity index is 1240. The van der Waals surface area contributed by atoms with Crippen molar-refractivity contribution in [3.63, 3.8) is 0 Å². The number of alkyl halides is 2. The summed E-state index contributed by atoms with van der Waals surface area (Å²) in [7, 11) is 0. The highest BCUT2D eigenvalue weighted by atomic mass is 19.1. The predicted octanol–water partition coefficient (Wildman–Crippen LogP) is 4.48. The van der Waals surface area contributed by atoms with Gasteiger partial charge >= 0.3 is 0 Å². The molecular formula is C26H27F2N3O4. The lowest BCUT2D eigenvalue weighted by atomic mass is 9.91. The Labute approximate surface area is 202 Å². The minimum absolute atomic E-state index is 0.00681. The van der Waals surface area contributed by atoms with Crippen LogP contribution in [0.5, 0.6) is 5.88 Å². The van der Waals surface area contributed by atoms with E-state index in [9.17, 15) is 9.18 Å². The third kappa shape index (κ3) is 5.31. The summed E-state index contributed by atoms with van der Waals surface area (Å²) in [6, 6.07) is 9.96. The van der Waals surface area contributed by atoms with Gasteiger partial charge in [0.15, 0.2) is 5.67 Å². The number of rotatable bonds is 8. The lowest BCUT2D eigenvalue weighted by molar-refractivity contribution is -0.136. The maximum atomic E-state index is 15.3. The van der Waals surface area contributed by atoms with Crippen LogP contribution in [-0.2, 0) is 16.1 Å². The van der Waals surface area contributed by atoms with Crippen molar-refractivity contribution in [2.75, 3.05) is 31.7 Å². The molecule has 1 amide bonds. The summed E-state index contributed by atoms with van der Waals surface area (Å²) in [4.78, 5) is 21.1. The molecule has 0 atom stereocenters. The van der Waals surface area contributed by atoms with Gasteiger partial charge in [0, 0.05) is 29.2 Å². The number of aliphatic hydroxyl groups excluding tert-OH is 1. The molecule has 1 fully saturated rings. The van der Waals surface area contributed by atoms with Crippen molar-refractivity contribution in [2.45, 2.75) is 32.1 Å². The molecule has 2 N–H and O–H groups in total. The summed E-state index contributed by atoms with van der Waals surface area (Å²) in [5.74, 6) is -0.298. The minimum atomic E-state index is -1.73. The summed E-state index contributed by atoms with van der Waals surface area (Å²) in [5, 5.41) is 11.9. The number of halogens is 2. The van der Waals surface area contributed by atoms with Crippen molar-refractivity contribution in [1.82, 2.24) is 9.97 Å². The second-order valence-corrected chi connectivity index (χ2v) is 8.99. The first-order chi connectivity index (χ1) is 16.6. The van der Waals surface area contributed by atoms with Crippen molar-refractivity contribution in [3.05, 3.63) is 71.2 Å². The molecule has 7 nitrogen and oxygen atoms in total. The molecule has 1 aliphatic heterocycles. The maximum absolute atomic E-state index is 15.3. The van der Waals surface area contributed by atoms with E-state index in [1.54, 1.807) is 24.4 Å². The Kier molecular flexibility index (Phi) is 6.82. The molecule has 0 radical (unpaired) electrons. The Morgan fingerprint density at radius 2 is 2.00 bits per heavy atom. The molecule has 184 valence electrons. The Morgan fingerprint density at radius 1 is 1.23 bits per heavy atom. The molecule has 0 spiro atoms. The van der Waals surface area contributed by atoms with E-state index < -0.39 is 17.2 Å². The van der Waals surface area contributed by atoms with Crippen LogP contribution in [0.15, 0.2) is 48.8 Å². The van der Waals surface area contributed by atoms with Crippen LogP contribution >= 0.6 is 0 Å². The molecule has 3 heterocycles. The van der Waals surface area contributed by atoms with Crippen LogP contribution in [-0.4, -0.2) is 47.4 Å². The second kappa shape index (κ2) is 9.67. The average Bonchev–Trinajstić information content (AvgIpc) is 2.82. The van der Waals surface area contributed by atoms with Gasteiger partial charge in [-0.25, -0.2) is 13.8 Å². The predicted molar refractivity (Wildman–Crippen MR) is 127 cm³/mol. The number of aromatic nitrogens is 2. The summed E-state index contributed by atoms with van der Waals surface area (Å²) in [6.45, 7) is 4.21. The van der Waals surface area contributed by atoms with Crippen molar-refractivity contribution < 1.29 is 28.2 Å². The zero-order valence-electron chi connectivity index (χ0n) is 19.8. The van der Waals surface area contributed by atoms with E-state index in [0.29, 0.717) is 11.3 Å². The number of aliphatic hydroxyl groups is 1. The summed E-state index contributed by atoms with van der Waals surface area (Å²) < 4.78 is 40.1. The fraction of sp³-hybridized carbons (Fsp3) is 0.346. The molecule has 0 bridgehead atoms. The van der Waals surface area contributed by atoms with E-state index in [4.69, 9.17) is 14.6 Å². The molecule has 9 heteroatoms. The number of carbonyl (C=O) groups excluding carboxylic acids is 1. The van der Waals surface area contributed by atoms with Gasteiger partial charge in [-0.05, 0) is 62.2 Å². The van der Waals surface area contributed by atoms with Crippen LogP contribution in [0.3, 0.4) is 0 Å². The third-order valence-corrected chi connectivity index (χ3v) is 5.76. The highest BCUT2D eigenvalue weighted by molar-refractivity contribution is 6.04. The number of aryl methyl sites for hydroxylation is 1. The van der Waals surface area contributed by atoms with Crippen molar-refractivity contribution in [3.8, 4) is 17.0 Å². The molecule has 0 unspecified atom stereocenters. The molecule has 1 aliphatic rings. The van der Waals surface area contributed by atoms with Gasteiger partial charge in [0.25, 0.3) is 5.91 Å². The summed E-state index contributed by atoms with van der Waals surface area (Å²) >= 11 is 0. The molecule has 2 aromatic heterocycles. The van der Waals surface area contributed by atoms with E-state index in [1.165, 1.54) is 32.2 Å². The minimum Gasteiger partial charge on any atom is -0.475 e. The molecule has 3 aromatic rings. The zero-order chi connectivity index (χ0) is 25.2. The number of nitrogens with one attached hydrogen (secondary N) is 1. The molecule has 0 saturated carbocycles. The lowest BCUT2D eigenvalue weighted by Crippen LogP contribution is -2.43. The first kappa shape index (κ1) is 24.7. The Morgan fingerprint density at radius 3 is 2.66 bits per heavy atom. The second-order valence-electron chi connectivity index (χ2n) is 8.99. The maximum Gasteiger partial charge on any atom is 0.255 e. The summed E-state index contributed by atoms with van der Waals surface area (Å²) in [6.07, 6.45) is 2.96. The van der Waals surface area contributed by atoms with E-state index in [-0.39, 0.29) is 49.1 Å². The monoisotopic (exact) mass is 483 g/mol. The first-order valence-corrected chi connectivity index (χ1v) is 11.2. The molecule has 35 heavy (non-hydrogen) atoms. The normalized spacial score (nSPS) is 14.8. The zero-order valence-corrected chi connectivity index (χ0v) is 19.8. The highest BCUT2D eigenvalue weighted by Crippen LogP contribution is 2.40. The third-order valence-electron chi connectivity index (χ3n) is 5.76. The number of hydrogen-bond acceptors (Lipinski definition) is 6. The van der Waals surface area contributed by atoms with Crippen molar-refractivity contribution in [1.29, 1.82) is 0 Å². The average molecular weight is 484 g/mol. The Balaban J connectivity index is 1.64. The largest absolute Gasteiger partial charge is 0.475 e. The number of benzene rings is 1. The molecule has 1 saturated heterocycles. The van der Waals surface area contributed by atoms with Gasteiger partial charge < -0.3 is 19.9 Å². The molecule has 1 aromatic carbocycles. The van der Waals surface area contributed by atoms with Crippen molar-refractivity contribution >= 4 is 11.6 Å². The fourth-order valence-electron chi connectivity index (χ4n) is 3.73. The lowest BCUT2D eigenvalue weighted by Gasteiger charge is -2.34. The van der Waals surface area contributed by atoms with Crippen LogP contribution in [0.1, 0.15) is 41.0 Å². The van der Waals surface area contributed by atoms with Crippen LogP contribution in [0, 0.1) is 6.92 Å². The molecule has 0 aliphatic carbocycles. The standard InChI is InChI=1S/C26H27F2N3O4/c1-16-4-5-19(31-23(33)17-6-7-29-22(11-17)25(2,3)27)12-20(16)18-10-21(26(28)14-34-15-26)24(30-13-18)35-9-8-32/h4-7,10-13,32H,8-9,14-15H2,1-3H3,(H,31,33). The summed E-state index contributed by atoms with van der Waals surface area (Å²) in [5.41, 5.74) is 0.0792. The number of carbonyl (C=O) groups is 1.